The first-order valence-corrected chi connectivity index (χ1v) is 8.77. The molecule has 0 saturated heterocycles. The van der Waals surface area contributed by atoms with Gasteiger partial charge in [0.2, 0.25) is 0 Å². The summed E-state index contributed by atoms with van der Waals surface area (Å²) in [5.74, 6) is 0.728. The summed E-state index contributed by atoms with van der Waals surface area (Å²) in [4.78, 5) is 23.5. The van der Waals surface area contributed by atoms with Gasteiger partial charge in [0, 0.05) is 18.0 Å². The maximum atomic E-state index is 12.2. The minimum atomic E-state index is -0.285. The van der Waals surface area contributed by atoms with E-state index in [4.69, 9.17) is 0 Å². The number of allylic oxidation sites excluding steroid dienone is 1. The van der Waals surface area contributed by atoms with Gasteiger partial charge in [-0.15, -0.1) is 10.2 Å². The Kier molecular flexibility index (Phi) is 5.78. The van der Waals surface area contributed by atoms with Gasteiger partial charge in [-0.2, -0.15) is 0 Å². The molecule has 0 aromatic carbocycles. The Hall–Kier alpha value is -1.61. The number of aromatic nitrogens is 2. The second-order valence-electron chi connectivity index (χ2n) is 4.90. The van der Waals surface area contributed by atoms with Crippen molar-refractivity contribution in [1.29, 1.82) is 0 Å². The molecule has 1 aromatic rings. The highest BCUT2D eigenvalue weighted by atomic mass is 32.2. The zero-order valence-corrected chi connectivity index (χ0v) is 14.4. The van der Waals surface area contributed by atoms with E-state index in [-0.39, 0.29) is 18.0 Å². The number of hydrogen-bond acceptors (Lipinski definition) is 6. The Bertz CT molecular complexity index is 599. The van der Waals surface area contributed by atoms with Gasteiger partial charge < -0.3 is 16.0 Å². The number of carbonyl (C=O) groups excluding carboxylic acids is 2. The number of aryl methyl sites for hydroxylation is 1. The Morgan fingerprint density at radius 3 is 2.82 bits per heavy atom. The molecule has 2 heterocycles. The smallest absolute Gasteiger partial charge is 0.319 e. The predicted octanol–water partition coefficient (Wildman–Crippen LogP) is 1.42. The number of nitrogens with one attached hydrogen (secondary N) is 3. The Labute approximate surface area is 137 Å². The van der Waals surface area contributed by atoms with Crippen LogP contribution in [0, 0.1) is 6.92 Å². The molecule has 1 aliphatic rings. The van der Waals surface area contributed by atoms with E-state index < -0.39 is 0 Å². The highest BCUT2D eigenvalue weighted by Crippen LogP contribution is 2.22. The average Bonchev–Trinajstić information content (AvgIpc) is 2.83. The highest BCUT2D eigenvalue weighted by molar-refractivity contribution is 8.01. The molecule has 2 rings (SSSR count). The molecule has 3 amide bonds. The number of hydrogen-bond donors (Lipinski definition) is 3. The zero-order chi connectivity index (χ0) is 16.1. The monoisotopic (exact) mass is 341 g/mol. The lowest BCUT2D eigenvalue weighted by molar-refractivity contribution is -0.117. The van der Waals surface area contributed by atoms with Crippen LogP contribution in [0.2, 0.25) is 0 Å². The molecule has 0 aliphatic carbocycles. The van der Waals surface area contributed by atoms with Crippen LogP contribution in [0.3, 0.4) is 0 Å². The van der Waals surface area contributed by atoms with Gasteiger partial charge in [0.15, 0.2) is 4.34 Å². The number of amides is 3. The predicted molar refractivity (Wildman–Crippen MR) is 86.8 cm³/mol. The standard InChI is InChI=1S/C13H19N5O2S2/c1-7-10(8(2)16-12(20)15-7)11(19)14-5-4-6-21-13-18-17-9(3)22-13/h7H,4-6H2,1-3H3,(H,14,19)(H2,15,16,20)/t7-/m0/s1. The van der Waals surface area contributed by atoms with Gasteiger partial charge in [-0.3, -0.25) is 4.79 Å². The van der Waals surface area contributed by atoms with E-state index in [2.05, 4.69) is 26.1 Å². The first-order chi connectivity index (χ1) is 10.5. The second-order valence-corrected chi connectivity index (χ2v) is 7.43. The summed E-state index contributed by atoms with van der Waals surface area (Å²) in [5, 5.41) is 17.1. The fraction of sp³-hybridized carbons (Fsp3) is 0.538. The number of urea groups is 1. The summed E-state index contributed by atoms with van der Waals surface area (Å²) in [5.41, 5.74) is 1.18. The molecule has 0 saturated carbocycles. The normalized spacial score (nSPS) is 18.0. The van der Waals surface area contributed by atoms with Gasteiger partial charge in [0.05, 0.1) is 11.6 Å². The molecule has 1 aromatic heterocycles. The SMILES string of the molecule is CC1=C(C(=O)NCCCSc2nnc(C)s2)[C@H](C)NC(=O)N1. The van der Waals surface area contributed by atoms with Crippen LogP contribution in [-0.4, -0.2) is 40.5 Å². The first kappa shape index (κ1) is 16.8. The van der Waals surface area contributed by atoms with Crippen molar-refractivity contribution in [2.24, 2.45) is 0 Å². The van der Waals surface area contributed by atoms with Crippen molar-refractivity contribution < 1.29 is 9.59 Å². The fourth-order valence-electron chi connectivity index (χ4n) is 2.10. The molecule has 3 N–H and O–H groups in total. The Morgan fingerprint density at radius 2 is 2.18 bits per heavy atom. The van der Waals surface area contributed by atoms with Crippen molar-refractivity contribution in [3.05, 3.63) is 16.3 Å². The van der Waals surface area contributed by atoms with Crippen molar-refractivity contribution in [3.8, 4) is 0 Å². The molecule has 0 bridgehead atoms. The topological polar surface area (TPSA) is 96.0 Å². The first-order valence-electron chi connectivity index (χ1n) is 6.96. The van der Waals surface area contributed by atoms with E-state index in [1.807, 2.05) is 6.92 Å². The molecule has 7 nitrogen and oxygen atoms in total. The molecule has 1 atom stereocenters. The lowest BCUT2D eigenvalue weighted by Crippen LogP contribution is -2.50. The van der Waals surface area contributed by atoms with Gasteiger partial charge in [0.25, 0.3) is 5.91 Å². The third kappa shape index (κ3) is 4.44. The molecule has 0 radical (unpaired) electrons. The molecular weight excluding hydrogens is 322 g/mol. The lowest BCUT2D eigenvalue weighted by atomic mass is 10.0. The molecule has 0 fully saturated rings. The summed E-state index contributed by atoms with van der Waals surface area (Å²) >= 11 is 3.22. The largest absolute Gasteiger partial charge is 0.352 e. The van der Waals surface area contributed by atoms with Crippen LogP contribution >= 0.6 is 23.1 Å². The van der Waals surface area contributed by atoms with Gasteiger partial charge in [-0.05, 0) is 27.2 Å². The maximum Gasteiger partial charge on any atom is 0.319 e. The lowest BCUT2D eigenvalue weighted by Gasteiger charge is -2.25. The molecular formula is C13H19N5O2S2. The van der Waals surface area contributed by atoms with Crippen molar-refractivity contribution in [1.82, 2.24) is 26.1 Å². The summed E-state index contributed by atoms with van der Waals surface area (Å²) in [6, 6.07) is -0.558. The van der Waals surface area contributed by atoms with Crippen LogP contribution in [0.15, 0.2) is 15.6 Å². The Balaban J connectivity index is 1.73. The van der Waals surface area contributed by atoms with Crippen LogP contribution < -0.4 is 16.0 Å². The number of rotatable bonds is 6. The molecule has 22 heavy (non-hydrogen) atoms. The van der Waals surface area contributed by atoms with E-state index in [0.717, 1.165) is 21.5 Å². The van der Waals surface area contributed by atoms with E-state index in [0.29, 0.717) is 17.8 Å². The molecule has 1 aliphatic heterocycles. The highest BCUT2D eigenvalue weighted by Gasteiger charge is 2.26. The summed E-state index contributed by atoms with van der Waals surface area (Å²) in [6.07, 6.45) is 0.843. The van der Waals surface area contributed by atoms with E-state index in [1.54, 1.807) is 36.9 Å². The molecule has 0 spiro atoms. The number of nitrogens with zero attached hydrogens (tertiary/aromatic N) is 2. The molecule has 9 heteroatoms. The van der Waals surface area contributed by atoms with Crippen LogP contribution in [0.1, 0.15) is 25.3 Å². The van der Waals surface area contributed by atoms with Crippen molar-refractivity contribution >= 4 is 35.0 Å². The minimum absolute atomic E-state index is 0.144. The fourth-order valence-corrected chi connectivity index (χ4v) is 3.93. The van der Waals surface area contributed by atoms with Crippen LogP contribution in [0.25, 0.3) is 0 Å². The Morgan fingerprint density at radius 1 is 1.41 bits per heavy atom. The third-order valence-corrected chi connectivity index (χ3v) is 5.13. The summed E-state index contributed by atoms with van der Waals surface area (Å²) in [7, 11) is 0. The maximum absolute atomic E-state index is 12.2. The summed E-state index contributed by atoms with van der Waals surface area (Å²) in [6.45, 7) is 6.04. The zero-order valence-electron chi connectivity index (χ0n) is 12.7. The average molecular weight is 341 g/mol. The van der Waals surface area contributed by atoms with Crippen LogP contribution in [0.4, 0.5) is 4.79 Å². The van der Waals surface area contributed by atoms with Crippen LogP contribution in [-0.2, 0) is 4.79 Å². The van der Waals surface area contributed by atoms with Crippen LogP contribution in [0.5, 0.6) is 0 Å². The van der Waals surface area contributed by atoms with E-state index in [9.17, 15) is 9.59 Å². The van der Waals surface area contributed by atoms with E-state index >= 15 is 0 Å². The quantitative estimate of drug-likeness (QED) is 0.537. The van der Waals surface area contributed by atoms with Gasteiger partial charge in [0.1, 0.15) is 5.01 Å². The van der Waals surface area contributed by atoms with Gasteiger partial charge >= 0.3 is 6.03 Å². The molecule has 120 valence electrons. The van der Waals surface area contributed by atoms with Gasteiger partial charge in [-0.1, -0.05) is 23.1 Å². The van der Waals surface area contributed by atoms with Gasteiger partial charge in [-0.25, -0.2) is 4.79 Å². The number of thioether (sulfide) groups is 1. The summed E-state index contributed by atoms with van der Waals surface area (Å²) < 4.78 is 0.954. The van der Waals surface area contributed by atoms with Crippen molar-refractivity contribution in [2.45, 2.75) is 37.6 Å². The molecule has 0 unspecified atom stereocenters. The third-order valence-electron chi connectivity index (χ3n) is 3.07. The van der Waals surface area contributed by atoms with E-state index in [1.165, 1.54) is 0 Å². The minimum Gasteiger partial charge on any atom is -0.352 e. The second kappa shape index (κ2) is 7.59. The van der Waals surface area contributed by atoms with Crippen molar-refractivity contribution in [2.75, 3.05) is 12.3 Å². The number of carbonyl (C=O) groups is 2. The van der Waals surface area contributed by atoms with Crippen molar-refractivity contribution in [3.63, 3.8) is 0 Å².